The Balaban J connectivity index is 1.69. The molecule has 3 rings (SSSR count). The smallest absolute Gasteiger partial charge is 0.312 e. The first-order chi connectivity index (χ1) is 10.0. The molecule has 1 saturated heterocycles. The van der Waals surface area contributed by atoms with E-state index in [4.69, 9.17) is 9.47 Å². The number of hydrogen-bond acceptors (Lipinski definition) is 4. The van der Waals surface area contributed by atoms with Gasteiger partial charge >= 0.3 is 11.9 Å². The highest BCUT2D eigenvalue weighted by Crippen LogP contribution is 2.55. The molecule has 6 unspecified atom stereocenters. The molecule has 0 aromatic rings. The first-order valence-corrected chi connectivity index (χ1v) is 8.43. The van der Waals surface area contributed by atoms with Gasteiger partial charge in [0.05, 0.1) is 11.3 Å². The Kier molecular flexibility index (Phi) is 3.74. The third-order valence-electron chi connectivity index (χ3n) is 6.01. The van der Waals surface area contributed by atoms with Crippen molar-refractivity contribution < 1.29 is 19.1 Å². The molecule has 2 aliphatic carbocycles. The quantitative estimate of drug-likeness (QED) is 0.731. The summed E-state index contributed by atoms with van der Waals surface area (Å²) in [4.78, 5) is 24.4. The van der Waals surface area contributed by atoms with Gasteiger partial charge in [-0.3, -0.25) is 9.59 Å². The lowest BCUT2D eigenvalue weighted by Gasteiger charge is -2.49. The lowest BCUT2D eigenvalue weighted by Crippen LogP contribution is -2.59. The number of carbonyl (C=O) groups is 2. The van der Waals surface area contributed by atoms with E-state index in [2.05, 4.69) is 6.92 Å². The second-order valence-electron chi connectivity index (χ2n) is 7.21. The van der Waals surface area contributed by atoms with E-state index in [0.717, 1.165) is 38.5 Å². The number of ether oxygens (including phenoxy) is 2. The Hall–Kier alpha value is -1.06. The van der Waals surface area contributed by atoms with Crippen molar-refractivity contribution in [1.82, 2.24) is 0 Å². The van der Waals surface area contributed by atoms with Crippen molar-refractivity contribution in [2.75, 3.05) is 0 Å². The lowest BCUT2D eigenvalue weighted by molar-refractivity contribution is -0.203. The Morgan fingerprint density at radius 3 is 2.81 bits per heavy atom. The standard InChI is InChI=1S/C17H26O4/c1-4-9-17(3,5-2)16(19)21-13-10-7-6-8-11-12(10)14(13)20-15(11)18/h10-14H,4-9H2,1-3H3. The highest BCUT2D eigenvalue weighted by atomic mass is 16.6. The molecule has 2 saturated carbocycles. The van der Waals surface area contributed by atoms with Crippen LogP contribution in [0.25, 0.3) is 0 Å². The van der Waals surface area contributed by atoms with Gasteiger partial charge in [0.2, 0.25) is 0 Å². The molecule has 6 atom stereocenters. The Labute approximate surface area is 126 Å². The summed E-state index contributed by atoms with van der Waals surface area (Å²) in [7, 11) is 0. The maximum Gasteiger partial charge on any atom is 0.312 e. The summed E-state index contributed by atoms with van der Waals surface area (Å²) < 4.78 is 11.3. The third kappa shape index (κ3) is 2.18. The summed E-state index contributed by atoms with van der Waals surface area (Å²) in [5.74, 6) is 0.535. The van der Waals surface area contributed by atoms with E-state index < -0.39 is 5.41 Å². The van der Waals surface area contributed by atoms with Gasteiger partial charge in [0.25, 0.3) is 0 Å². The SMILES string of the molecule is CCCC(C)(CC)C(=O)OC1C2CCCC3C(=O)OC1C32. The number of hydrogen-bond donors (Lipinski definition) is 0. The highest BCUT2D eigenvalue weighted by Gasteiger charge is 2.65. The van der Waals surface area contributed by atoms with Gasteiger partial charge in [0.1, 0.15) is 12.2 Å². The fourth-order valence-corrected chi connectivity index (χ4v) is 4.47. The normalized spacial score (nSPS) is 39.8. The monoisotopic (exact) mass is 294 g/mol. The van der Waals surface area contributed by atoms with Gasteiger partial charge in [-0.05, 0) is 32.6 Å². The molecule has 0 radical (unpaired) electrons. The van der Waals surface area contributed by atoms with Gasteiger partial charge < -0.3 is 9.47 Å². The molecule has 0 aromatic carbocycles. The van der Waals surface area contributed by atoms with Crippen molar-refractivity contribution in [3.8, 4) is 0 Å². The van der Waals surface area contributed by atoms with Crippen LogP contribution in [0.15, 0.2) is 0 Å². The van der Waals surface area contributed by atoms with Crippen LogP contribution in [0.1, 0.15) is 59.3 Å². The summed E-state index contributed by atoms with van der Waals surface area (Å²) in [5, 5.41) is 0. The second-order valence-corrected chi connectivity index (χ2v) is 7.21. The molecule has 0 bridgehead atoms. The summed E-state index contributed by atoms with van der Waals surface area (Å²) >= 11 is 0. The van der Waals surface area contributed by atoms with Crippen LogP contribution in [0.4, 0.5) is 0 Å². The zero-order chi connectivity index (χ0) is 15.2. The predicted octanol–water partition coefficient (Wildman–Crippen LogP) is 3.09. The molecule has 4 heteroatoms. The van der Waals surface area contributed by atoms with Crippen LogP contribution in [-0.2, 0) is 19.1 Å². The van der Waals surface area contributed by atoms with Crippen molar-refractivity contribution >= 4 is 11.9 Å². The average Bonchev–Trinajstić information content (AvgIpc) is 2.80. The molecule has 118 valence electrons. The highest BCUT2D eigenvalue weighted by molar-refractivity contribution is 5.78. The summed E-state index contributed by atoms with van der Waals surface area (Å²) in [6.07, 6.45) is 5.28. The van der Waals surface area contributed by atoms with Crippen LogP contribution in [-0.4, -0.2) is 24.1 Å². The van der Waals surface area contributed by atoms with Crippen molar-refractivity contribution in [2.24, 2.45) is 23.2 Å². The third-order valence-corrected chi connectivity index (χ3v) is 6.01. The molecule has 0 amide bonds. The molecule has 0 spiro atoms. The summed E-state index contributed by atoms with van der Waals surface area (Å²) in [6, 6.07) is 0. The van der Waals surface area contributed by atoms with E-state index in [1.54, 1.807) is 0 Å². The van der Waals surface area contributed by atoms with E-state index in [9.17, 15) is 9.59 Å². The zero-order valence-electron chi connectivity index (χ0n) is 13.3. The zero-order valence-corrected chi connectivity index (χ0v) is 13.3. The Bertz CT molecular complexity index is 446. The van der Waals surface area contributed by atoms with Gasteiger partial charge in [-0.25, -0.2) is 0 Å². The second kappa shape index (κ2) is 5.29. The topological polar surface area (TPSA) is 52.6 Å². The fraction of sp³-hybridized carbons (Fsp3) is 0.882. The van der Waals surface area contributed by atoms with Gasteiger partial charge in [0.15, 0.2) is 0 Å². The van der Waals surface area contributed by atoms with E-state index >= 15 is 0 Å². The van der Waals surface area contributed by atoms with Crippen LogP contribution in [0.3, 0.4) is 0 Å². The number of esters is 2. The molecule has 3 aliphatic rings. The number of rotatable bonds is 5. The maximum atomic E-state index is 12.6. The Morgan fingerprint density at radius 1 is 1.38 bits per heavy atom. The average molecular weight is 294 g/mol. The minimum atomic E-state index is -0.406. The molecule has 21 heavy (non-hydrogen) atoms. The van der Waals surface area contributed by atoms with Crippen LogP contribution in [0, 0.1) is 23.2 Å². The molecule has 0 N–H and O–H groups in total. The van der Waals surface area contributed by atoms with Crippen molar-refractivity contribution in [2.45, 2.75) is 71.5 Å². The van der Waals surface area contributed by atoms with Crippen molar-refractivity contribution in [1.29, 1.82) is 0 Å². The lowest BCUT2D eigenvalue weighted by atomic mass is 9.58. The van der Waals surface area contributed by atoms with E-state index in [-0.39, 0.29) is 30.1 Å². The molecular formula is C17H26O4. The van der Waals surface area contributed by atoms with Gasteiger partial charge in [-0.2, -0.15) is 0 Å². The van der Waals surface area contributed by atoms with E-state index in [0.29, 0.717) is 11.8 Å². The largest absolute Gasteiger partial charge is 0.458 e. The fourth-order valence-electron chi connectivity index (χ4n) is 4.47. The molecule has 3 fully saturated rings. The maximum absolute atomic E-state index is 12.6. The summed E-state index contributed by atoms with van der Waals surface area (Å²) in [6.45, 7) is 6.11. The predicted molar refractivity (Wildman–Crippen MR) is 77.4 cm³/mol. The van der Waals surface area contributed by atoms with Crippen LogP contribution < -0.4 is 0 Å². The van der Waals surface area contributed by atoms with Crippen molar-refractivity contribution in [3.63, 3.8) is 0 Å². The minimum Gasteiger partial charge on any atom is -0.458 e. The van der Waals surface area contributed by atoms with Crippen molar-refractivity contribution in [3.05, 3.63) is 0 Å². The van der Waals surface area contributed by atoms with Crippen LogP contribution in [0.2, 0.25) is 0 Å². The Morgan fingerprint density at radius 2 is 2.14 bits per heavy atom. The first-order valence-electron chi connectivity index (χ1n) is 8.43. The molecule has 1 aliphatic heterocycles. The van der Waals surface area contributed by atoms with Gasteiger partial charge in [-0.15, -0.1) is 0 Å². The summed E-state index contributed by atoms with van der Waals surface area (Å²) in [5.41, 5.74) is -0.406. The molecule has 4 nitrogen and oxygen atoms in total. The molecule has 1 heterocycles. The minimum absolute atomic E-state index is 0.0666. The van der Waals surface area contributed by atoms with Gasteiger partial charge in [0, 0.05) is 11.8 Å². The molecular weight excluding hydrogens is 268 g/mol. The first kappa shape index (κ1) is 14.9. The molecule has 0 aromatic heterocycles. The van der Waals surface area contributed by atoms with E-state index in [1.165, 1.54) is 0 Å². The van der Waals surface area contributed by atoms with E-state index in [1.807, 2.05) is 13.8 Å². The number of carbonyl (C=O) groups excluding carboxylic acids is 2. The van der Waals surface area contributed by atoms with Crippen LogP contribution in [0.5, 0.6) is 0 Å². The van der Waals surface area contributed by atoms with Crippen LogP contribution >= 0.6 is 0 Å². The van der Waals surface area contributed by atoms with Gasteiger partial charge in [-0.1, -0.05) is 26.7 Å².